The zero-order valence-corrected chi connectivity index (χ0v) is 20.1. The second-order valence-corrected chi connectivity index (χ2v) is 10.8. The van der Waals surface area contributed by atoms with Crippen molar-refractivity contribution in [2.75, 3.05) is 20.3 Å². The van der Waals surface area contributed by atoms with E-state index in [-0.39, 0.29) is 22.4 Å². The summed E-state index contributed by atoms with van der Waals surface area (Å²) >= 11 is 0. The van der Waals surface area contributed by atoms with Crippen molar-refractivity contribution >= 4 is 16.9 Å². The van der Waals surface area contributed by atoms with Crippen molar-refractivity contribution in [2.24, 2.45) is 10.8 Å². The van der Waals surface area contributed by atoms with Gasteiger partial charge in [0.2, 0.25) is 0 Å². The van der Waals surface area contributed by atoms with Crippen molar-refractivity contribution in [1.82, 2.24) is 14.3 Å². The quantitative estimate of drug-likeness (QED) is 0.581. The summed E-state index contributed by atoms with van der Waals surface area (Å²) in [6.07, 6.45) is 4.86. The highest BCUT2D eigenvalue weighted by atomic mass is 16.5. The van der Waals surface area contributed by atoms with E-state index in [0.29, 0.717) is 31.2 Å². The third kappa shape index (κ3) is 3.60. The van der Waals surface area contributed by atoms with Crippen LogP contribution in [0.15, 0.2) is 35.3 Å². The SMILES string of the molecule is COCC1(COc2cccc3c4n(nc23)CC(C(C)(C)C)n2cc(C(=O)O)c(=O)cc2-4)CCC1. The molecule has 3 heterocycles. The maximum Gasteiger partial charge on any atom is 0.341 e. The van der Waals surface area contributed by atoms with Crippen LogP contribution in [0.2, 0.25) is 0 Å². The van der Waals surface area contributed by atoms with Gasteiger partial charge in [-0.25, -0.2) is 4.79 Å². The molecule has 1 N–H and O–H groups in total. The first-order valence-corrected chi connectivity index (χ1v) is 11.7. The molecule has 1 unspecified atom stereocenters. The monoisotopic (exact) mass is 465 g/mol. The Bertz CT molecular complexity index is 1330. The largest absolute Gasteiger partial charge is 0.491 e. The Labute approximate surface area is 198 Å². The van der Waals surface area contributed by atoms with E-state index in [2.05, 4.69) is 20.8 Å². The minimum Gasteiger partial charge on any atom is -0.491 e. The molecule has 8 nitrogen and oxygen atoms in total. The fourth-order valence-electron chi connectivity index (χ4n) is 5.29. The van der Waals surface area contributed by atoms with Crippen molar-refractivity contribution in [3.8, 4) is 17.1 Å². The van der Waals surface area contributed by atoms with Gasteiger partial charge in [-0.3, -0.25) is 9.48 Å². The molecule has 0 amide bonds. The minimum atomic E-state index is -1.21. The summed E-state index contributed by atoms with van der Waals surface area (Å²) in [4.78, 5) is 24.4. The van der Waals surface area contributed by atoms with Gasteiger partial charge in [-0.05, 0) is 24.3 Å². The van der Waals surface area contributed by atoms with Crippen LogP contribution >= 0.6 is 0 Å². The normalized spacial score (nSPS) is 18.8. The van der Waals surface area contributed by atoms with Crippen LogP contribution in [-0.2, 0) is 11.3 Å². The van der Waals surface area contributed by atoms with Crippen LogP contribution in [0.4, 0.5) is 0 Å². The van der Waals surface area contributed by atoms with Gasteiger partial charge in [0.1, 0.15) is 16.8 Å². The van der Waals surface area contributed by atoms with E-state index >= 15 is 0 Å². The van der Waals surface area contributed by atoms with Crippen LogP contribution < -0.4 is 10.2 Å². The summed E-state index contributed by atoms with van der Waals surface area (Å²) < 4.78 is 15.6. The molecule has 1 atom stereocenters. The van der Waals surface area contributed by atoms with E-state index in [4.69, 9.17) is 14.6 Å². The zero-order valence-electron chi connectivity index (χ0n) is 20.1. The molecule has 0 bridgehead atoms. The number of benzene rings is 1. The van der Waals surface area contributed by atoms with E-state index in [1.165, 1.54) is 18.7 Å². The summed E-state index contributed by atoms with van der Waals surface area (Å²) in [6, 6.07) is 7.21. The third-order valence-electron chi connectivity index (χ3n) is 7.37. The smallest absolute Gasteiger partial charge is 0.341 e. The van der Waals surface area contributed by atoms with Gasteiger partial charge in [0.25, 0.3) is 0 Å². The number of aromatic carboxylic acids is 1. The van der Waals surface area contributed by atoms with Gasteiger partial charge >= 0.3 is 5.97 Å². The lowest BCUT2D eigenvalue weighted by atomic mass is 9.70. The van der Waals surface area contributed by atoms with E-state index < -0.39 is 11.4 Å². The summed E-state index contributed by atoms with van der Waals surface area (Å²) in [5.74, 6) is -0.501. The average Bonchev–Trinajstić information content (AvgIpc) is 3.13. The highest BCUT2D eigenvalue weighted by molar-refractivity contribution is 5.96. The molecule has 1 aliphatic heterocycles. The Balaban J connectivity index is 1.63. The predicted molar refractivity (Wildman–Crippen MR) is 129 cm³/mol. The summed E-state index contributed by atoms with van der Waals surface area (Å²) in [6.45, 7) is 8.14. The number of hydrogen-bond donors (Lipinski definition) is 1. The predicted octanol–water partition coefficient (Wildman–Crippen LogP) is 4.36. The first-order chi connectivity index (χ1) is 16.1. The van der Waals surface area contributed by atoms with Gasteiger partial charge in [0.15, 0.2) is 5.43 Å². The Morgan fingerprint density at radius 3 is 2.65 bits per heavy atom. The summed E-state index contributed by atoms with van der Waals surface area (Å²) in [5.41, 5.74) is 1.38. The zero-order chi connectivity index (χ0) is 24.3. The number of carboxylic acid groups (broad SMARTS) is 1. The molecule has 1 saturated carbocycles. The van der Waals surface area contributed by atoms with E-state index in [1.807, 2.05) is 27.4 Å². The van der Waals surface area contributed by atoms with Crippen LogP contribution in [0.25, 0.3) is 22.3 Å². The number of rotatable bonds is 6. The maximum atomic E-state index is 12.7. The Hall–Kier alpha value is -3.13. The lowest BCUT2D eigenvalue weighted by molar-refractivity contribution is -0.0182. The molecule has 1 aliphatic carbocycles. The lowest BCUT2D eigenvalue weighted by Gasteiger charge is -2.40. The van der Waals surface area contributed by atoms with Gasteiger partial charge in [-0.1, -0.05) is 39.3 Å². The molecular formula is C26H31N3O5. The number of pyridine rings is 1. The molecule has 0 saturated heterocycles. The van der Waals surface area contributed by atoms with Crippen molar-refractivity contribution in [3.63, 3.8) is 0 Å². The maximum absolute atomic E-state index is 12.7. The standard InChI is InChI=1S/C26H31N3O5/c1-25(2,3)21-13-29-23(18-11-19(30)17(24(31)32)12-28(18)21)16-7-5-8-20(22(16)27-29)34-15-26(14-33-4)9-6-10-26/h5,7-8,11-12,21H,6,9-10,13-15H2,1-4H3,(H,31,32). The first-order valence-electron chi connectivity index (χ1n) is 11.7. The molecule has 0 radical (unpaired) electrons. The number of fused-ring (bicyclic) bond motifs is 5. The van der Waals surface area contributed by atoms with Crippen molar-refractivity contribution in [3.05, 3.63) is 46.2 Å². The number of carbonyl (C=O) groups is 1. The number of ether oxygens (including phenoxy) is 2. The molecule has 1 aromatic carbocycles. The molecule has 5 rings (SSSR count). The Kier molecular flexibility index (Phi) is 5.31. The molecule has 2 aromatic heterocycles. The number of nitrogens with zero attached hydrogens (tertiary/aromatic N) is 3. The molecular weight excluding hydrogens is 434 g/mol. The van der Waals surface area contributed by atoms with Crippen molar-refractivity contribution in [2.45, 2.75) is 52.6 Å². The van der Waals surface area contributed by atoms with Crippen LogP contribution in [-0.4, -0.2) is 45.7 Å². The van der Waals surface area contributed by atoms with E-state index in [9.17, 15) is 14.7 Å². The highest BCUT2D eigenvalue weighted by Crippen LogP contribution is 2.44. The average molecular weight is 466 g/mol. The second kappa shape index (κ2) is 7.98. The van der Waals surface area contributed by atoms with Gasteiger partial charge in [0.05, 0.1) is 37.2 Å². The van der Waals surface area contributed by atoms with Crippen LogP contribution in [0, 0.1) is 10.8 Å². The van der Waals surface area contributed by atoms with Crippen molar-refractivity contribution < 1.29 is 19.4 Å². The van der Waals surface area contributed by atoms with E-state index in [0.717, 1.165) is 29.4 Å². The first kappa shape index (κ1) is 22.7. The summed E-state index contributed by atoms with van der Waals surface area (Å²) in [7, 11) is 1.73. The van der Waals surface area contributed by atoms with E-state index in [1.54, 1.807) is 7.11 Å². The lowest BCUT2D eigenvalue weighted by Crippen LogP contribution is -2.39. The van der Waals surface area contributed by atoms with Gasteiger partial charge in [-0.15, -0.1) is 0 Å². The van der Waals surface area contributed by atoms with Gasteiger partial charge < -0.3 is 19.1 Å². The Morgan fingerprint density at radius 2 is 2.03 bits per heavy atom. The topological polar surface area (TPSA) is 95.6 Å². The number of methoxy groups -OCH3 is 1. The molecule has 3 aromatic rings. The molecule has 8 heteroatoms. The fourth-order valence-corrected chi connectivity index (χ4v) is 5.29. The van der Waals surface area contributed by atoms with Crippen LogP contribution in [0.5, 0.6) is 5.75 Å². The van der Waals surface area contributed by atoms with Gasteiger partial charge in [-0.2, -0.15) is 5.10 Å². The summed E-state index contributed by atoms with van der Waals surface area (Å²) in [5, 5.41) is 15.4. The molecule has 1 fully saturated rings. The Morgan fingerprint density at radius 1 is 1.26 bits per heavy atom. The van der Waals surface area contributed by atoms with Crippen molar-refractivity contribution in [1.29, 1.82) is 0 Å². The number of hydrogen-bond acceptors (Lipinski definition) is 5. The second-order valence-electron chi connectivity index (χ2n) is 10.8. The van der Waals surface area contributed by atoms with Crippen LogP contribution in [0.1, 0.15) is 56.4 Å². The number of carboxylic acids is 1. The highest BCUT2D eigenvalue weighted by Gasteiger charge is 2.39. The minimum absolute atomic E-state index is 0.0563. The molecule has 2 aliphatic rings. The number of aromatic nitrogens is 3. The fraction of sp³-hybridized carbons (Fsp3) is 0.500. The third-order valence-corrected chi connectivity index (χ3v) is 7.37. The van der Waals surface area contributed by atoms with Gasteiger partial charge in [0, 0.05) is 30.2 Å². The molecule has 34 heavy (non-hydrogen) atoms. The van der Waals surface area contributed by atoms with Crippen LogP contribution in [0.3, 0.4) is 0 Å². The molecule has 0 spiro atoms. The molecule has 180 valence electrons.